The van der Waals surface area contributed by atoms with Crippen molar-refractivity contribution in [2.24, 2.45) is 0 Å². The van der Waals surface area contributed by atoms with Crippen molar-refractivity contribution in [1.29, 1.82) is 0 Å². The third kappa shape index (κ3) is 8.04. The summed E-state index contributed by atoms with van der Waals surface area (Å²) in [5, 5.41) is 7.21. The number of anilines is 1. The Hall–Kier alpha value is -4.19. The normalized spacial score (nSPS) is 14.0. The van der Waals surface area contributed by atoms with Gasteiger partial charge >= 0.3 is 5.97 Å². The number of benzene rings is 4. The summed E-state index contributed by atoms with van der Waals surface area (Å²) in [4.78, 5) is 26.4. The van der Waals surface area contributed by atoms with Crippen molar-refractivity contribution in [3.63, 3.8) is 0 Å². The number of esters is 1. The van der Waals surface area contributed by atoms with Crippen molar-refractivity contribution in [1.82, 2.24) is 5.32 Å². The van der Waals surface area contributed by atoms with Crippen LogP contribution in [0.3, 0.4) is 0 Å². The van der Waals surface area contributed by atoms with E-state index in [1.165, 1.54) is 11.1 Å². The molecule has 0 saturated heterocycles. The van der Waals surface area contributed by atoms with Gasteiger partial charge in [-0.1, -0.05) is 72.3 Å². The molecule has 2 N–H and O–H groups in total. The van der Waals surface area contributed by atoms with Crippen LogP contribution in [0.4, 0.5) is 5.69 Å². The van der Waals surface area contributed by atoms with Crippen LogP contribution in [0.15, 0.2) is 97.1 Å². The van der Waals surface area contributed by atoms with E-state index in [9.17, 15) is 9.59 Å². The zero-order valence-corrected chi connectivity index (χ0v) is 26.5. The van der Waals surface area contributed by atoms with Gasteiger partial charge in [0.1, 0.15) is 5.60 Å². The molecule has 1 heterocycles. The number of aryl methyl sites for hydroxylation is 1. The highest BCUT2D eigenvalue weighted by molar-refractivity contribution is 6.30. The number of hydrogen-bond acceptors (Lipinski definition) is 4. The molecule has 1 aliphatic heterocycles. The van der Waals surface area contributed by atoms with E-state index in [-0.39, 0.29) is 11.9 Å². The monoisotopic (exact) mass is 606 g/mol. The molecular weight excluding hydrogens is 568 g/mol. The Labute approximate surface area is 265 Å². The maximum absolute atomic E-state index is 13.9. The number of carbonyl (C=O) groups excluding carboxylic acids is 2. The second-order valence-electron chi connectivity index (χ2n) is 12.3. The Kier molecular flexibility index (Phi) is 9.68. The standard InChI is InChI=1S/C38H39ClN2O3/c1-25-23-32(39)15-18-34(25)29-13-16-33(17-14-29)41-36(42)35(30-11-9-27(10-12-30)28-19-21-40-22-20-28)24-26-5-7-31(8-6-26)37(43)44-38(2,3)4/h5-19,23,35,40H,20-22,24H2,1-4H3,(H,41,42)/t35-/m1/s1. The quantitative estimate of drug-likeness (QED) is 0.197. The summed E-state index contributed by atoms with van der Waals surface area (Å²) >= 11 is 6.14. The van der Waals surface area contributed by atoms with Crippen LogP contribution in [-0.4, -0.2) is 30.6 Å². The van der Waals surface area contributed by atoms with E-state index in [4.69, 9.17) is 16.3 Å². The first-order valence-corrected chi connectivity index (χ1v) is 15.4. The van der Waals surface area contributed by atoms with Gasteiger partial charge in [0.25, 0.3) is 0 Å². The van der Waals surface area contributed by atoms with E-state index in [0.29, 0.717) is 17.0 Å². The molecule has 0 unspecified atom stereocenters. The summed E-state index contributed by atoms with van der Waals surface area (Å²) in [6.45, 7) is 9.42. The van der Waals surface area contributed by atoms with Crippen LogP contribution in [0.5, 0.6) is 0 Å². The molecule has 5 nitrogen and oxygen atoms in total. The van der Waals surface area contributed by atoms with Gasteiger partial charge in [0.15, 0.2) is 0 Å². The highest BCUT2D eigenvalue weighted by Gasteiger charge is 2.23. The summed E-state index contributed by atoms with van der Waals surface area (Å²) in [5.74, 6) is -0.888. The van der Waals surface area contributed by atoms with E-state index in [1.807, 2.05) is 82.3 Å². The van der Waals surface area contributed by atoms with Gasteiger partial charge in [-0.15, -0.1) is 0 Å². The number of hydrogen-bond donors (Lipinski definition) is 2. The number of nitrogens with one attached hydrogen (secondary N) is 2. The molecule has 44 heavy (non-hydrogen) atoms. The Bertz CT molecular complexity index is 1650. The van der Waals surface area contributed by atoms with E-state index in [0.717, 1.165) is 53.0 Å². The molecule has 0 spiro atoms. The van der Waals surface area contributed by atoms with Crippen LogP contribution in [0.2, 0.25) is 5.02 Å². The summed E-state index contributed by atoms with van der Waals surface area (Å²) < 4.78 is 5.51. The van der Waals surface area contributed by atoms with E-state index in [1.54, 1.807) is 12.1 Å². The summed E-state index contributed by atoms with van der Waals surface area (Å²) in [5.41, 5.74) is 8.30. The number of carbonyl (C=O) groups is 2. The second-order valence-corrected chi connectivity index (χ2v) is 12.7. The Morgan fingerprint density at radius 1 is 0.909 bits per heavy atom. The van der Waals surface area contributed by atoms with Crippen molar-refractivity contribution in [2.45, 2.75) is 52.1 Å². The van der Waals surface area contributed by atoms with Gasteiger partial charge in [0.05, 0.1) is 11.5 Å². The van der Waals surface area contributed by atoms with Crippen LogP contribution in [0.1, 0.15) is 65.7 Å². The summed E-state index contributed by atoms with van der Waals surface area (Å²) in [6.07, 6.45) is 3.69. The maximum Gasteiger partial charge on any atom is 0.338 e. The first-order chi connectivity index (χ1) is 21.1. The fraction of sp³-hybridized carbons (Fsp3) is 0.263. The highest BCUT2D eigenvalue weighted by Crippen LogP contribution is 2.29. The number of halogens is 1. The molecule has 0 fully saturated rings. The molecule has 226 valence electrons. The average molecular weight is 607 g/mol. The Balaban J connectivity index is 1.37. The lowest BCUT2D eigenvalue weighted by Gasteiger charge is -2.20. The van der Waals surface area contributed by atoms with Gasteiger partial charge < -0.3 is 15.4 Å². The van der Waals surface area contributed by atoms with E-state index < -0.39 is 11.5 Å². The zero-order chi connectivity index (χ0) is 31.3. The van der Waals surface area contributed by atoms with Crippen LogP contribution < -0.4 is 10.6 Å². The molecule has 5 rings (SSSR count). The van der Waals surface area contributed by atoms with Crippen LogP contribution >= 0.6 is 11.6 Å². The molecule has 0 radical (unpaired) electrons. The predicted molar refractivity (Wildman–Crippen MR) is 180 cm³/mol. The minimum absolute atomic E-state index is 0.0922. The largest absolute Gasteiger partial charge is 0.456 e. The first kappa shape index (κ1) is 31.2. The van der Waals surface area contributed by atoms with Crippen molar-refractivity contribution in [3.8, 4) is 11.1 Å². The van der Waals surface area contributed by atoms with Gasteiger partial charge in [-0.25, -0.2) is 4.79 Å². The molecule has 0 bridgehead atoms. The van der Waals surface area contributed by atoms with Crippen LogP contribution in [-0.2, 0) is 16.0 Å². The number of rotatable bonds is 8. The molecule has 0 saturated carbocycles. The van der Waals surface area contributed by atoms with E-state index >= 15 is 0 Å². The van der Waals surface area contributed by atoms with Gasteiger partial charge in [-0.05, 0) is 122 Å². The molecule has 6 heteroatoms. The maximum atomic E-state index is 13.9. The second kappa shape index (κ2) is 13.6. The number of ether oxygens (including phenoxy) is 1. The summed E-state index contributed by atoms with van der Waals surface area (Å²) in [6, 6.07) is 29.4. The van der Waals surface area contributed by atoms with Gasteiger partial charge in [0, 0.05) is 17.3 Å². The molecule has 4 aromatic carbocycles. The summed E-state index contributed by atoms with van der Waals surface area (Å²) in [7, 11) is 0. The molecule has 0 aromatic heterocycles. The van der Waals surface area contributed by atoms with Gasteiger partial charge in [-0.2, -0.15) is 0 Å². The zero-order valence-electron chi connectivity index (χ0n) is 25.7. The van der Waals surface area contributed by atoms with E-state index in [2.05, 4.69) is 41.0 Å². The lowest BCUT2D eigenvalue weighted by molar-refractivity contribution is -0.117. The lowest BCUT2D eigenvalue weighted by atomic mass is 9.89. The van der Waals surface area contributed by atoms with Crippen LogP contribution in [0.25, 0.3) is 16.7 Å². The smallest absolute Gasteiger partial charge is 0.338 e. The van der Waals surface area contributed by atoms with Gasteiger partial charge in [0.2, 0.25) is 5.91 Å². The minimum atomic E-state index is -0.568. The predicted octanol–water partition coefficient (Wildman–Crippen LogP) is 8.61. The van der Waals surface area contributed by atoms with Crippen molar-refractivity contribution in [2.75, 3.05) is 18.4 Å². The van der Waals surface area contributed by atoms with Crippen molar-refractivity contribution < 1.29 is 14.3 Å². The van der Waals surface area contributed by atoms with Gasteiger partial charge in [-0.3, -0.25) is 4.79 Å². The Morgan fingerprint density at radius 2 is 1.59 bits per heavy atom. The molecule has 4 aromatic rings. The van der Waals surface area contributed by atoms with Crippen molar-refractivity contribution in [3.05, 3.63) is 130 Å². The third-order valence-electron chi connectivity index (χ3n) is 7.74. The molecule has 1 aliphatic rings. The van der Waals surface area contributed by atoms with Crippen LogP contribution in [0, 0.1) is 6.92 Å². The molecule has 1 amide bonds. The SMILES string of the molecule is Cc1cc(Cl)ccc1-c1ccc(NC(=O)[C@H](Cc2ccc(C(=O)OC(C)(C)C)cc2)c2ccc(C3=CCNCC3)cc2)cc1. The minimum Gasteiger partial charge on any atom is -0.456 e. The third-order valence-corrected chi connectivity index (χ3v) is 7.98. The molecule has 1 atom stereocenters. The van der Waals surface area contributed by atoms with Crippen molar-refractivity contribution >= 4 is 34.7 Å². The molecule has 0 aliphatic carbocycles. The molecular formula is C38H39ClN2O3. The highest BCUT2D eigenvalue weighted by atomic mass is 35.5. The lowest BCUT2D eigenvalue weighted by Crippen LogP contribution is -2.24. The fourth-order valence-electron chi connectivity index (χ4n) is 5.44. The Morgan fingerprint density at radius 3 is 2.20 bits per heavy atom. The topological polar surface area (TPSA) is 67.4 Å². The average Bonchev–Trinajstić information content (AvgIpc) is 3.00. The fourth-order valence-corrected chi connectivity index (χ4v) is 5.67. The first-order valence-electron chi connectivity index (χ1n) is 15.1. The number of amides is 1.